The number of piperazine rings is 1. The van der Waals surface area contributed by atoms with E-state index in [4.69, 9.17) is 9.47 Å². The summed E-state index contributed by atoms with van der Waals surface area (Å²) >= 11 is 0. The van der Waals surface area contributed by atoms with Crippen LogP contribution >= 0.6 is 0 Å². The van der Waals surface area contributed by atoms with Crippen LogP contribution in [0.3, 0.4) is 0 Å². The van der Waals surface area contributed by atoms with Crippen molar-refractivity contribution in [1.82, 2.24) is 14.7 Å². The van der Waals surface area contributed by atoms with Gasteiger partial charge >= 0.3 is 0 Å². The monoisotopic (exact) mass is 375 g/mol. The van der Waals surface area contributed by atoms with Gasteiger partial charge in [-0.3, -0.25) is 4.90 Å². The van der Waals surface area contributed by atoms with Gasteiger partial charge in [-0.2, -0.15) is 0 Å². The average molecular weight is 376 g/mol. The molecule has 27 heavy (non-hydrogen) atoms. The maximum atomic E-state index is 6.02. The lowest BCUT2D eigenvalue weighted by Crippen LogP contribution is -2.44. The summed E-state index contributed by atoms with van der Waals surface area (Å²) in [5, 5.41) is 0. The fourth-order valence-corrected chi connectivity index (χ4v) is 4.03. The summed E-state index contributed by atoms with van der Waals surface area (Å²) in [6.45, 7) is 10.1. The summed E-state index contributed by atoms with van der Waals surface area (Å²) in [6, 6.07) is 6.43. The highest BCUT2D eigenvalue weighted by atomic mass is 16.5. The second-order valence-corrected chi connectivity index (χ2v) is 7.98. The molecule has 0 atom stereocenters. The van der Waals surface area contributed by atoms with Crippen LogP contribution in [0.5, 0.6) is 11.5 Å². The van der Waals surface area contributed by atoms with Crippen LogP contribution in [0.4, 0.5) is 0 Å². The Bertz CT molecular complexity index is 552. The van der Waals surface area contributed by atoms with Crippen molar-refractivity contribution >= 4 is 0 Å². The van der Waals surface area contributed by atoms with E-state index in [1.54, 1.807) is 7.11 Å². The van der Waals surface area contributed by atoms with Crippen molar-refractivity contribution in [3.05, 3.63) is 23.8 Å². The van der Waals surface area contributed by atoms with E-state index < -0.39 is 0 Å². The molecule has 0 saturated carbocycles. The van der Waals surface area contributed by atoms with E-state index in [-0.39, 0.29) is 0 Å². The molecule has 0 unspecified atom stereocenters. The van der Waals surface area contributed by atoms with E-state index in [0.29, 0.717) is 0 Å². The molecule has 152 valence electrons. The van der Waals surface area contributed by atoms with Gasteiger partial charge in [-0.1, -0.05) is 12.5 Å². The molecule has 1 aromatic rings. The number of hydrogen-bond acceptors (Lipinski definition) is 5. The van der Waals surface area contributed by atoms with Crippen LogP contribution < -0.4 is 9.47 Å². The SMILES string of the molecule is COc1cc(CCCN2CCN(C)CC2)ccc1OCCN1CCCCC1. The van der Waals surface area contributed by atoms with E-state index >= 15 is 0 Å². The molecule has 0 N–H and O–H groups in total. The van der Waals surface area contributed by atoms with E-state index in [9.17, 15) is 0 Å². The molecule has 2 saturated heterocycles. The molecule has 5 heteroatoms. The van der Waals surface area contributed by atoms with Gasteiger partial charge in [-0.05, 0) is 70.1 Å². The van der Waals surface area contributed by atoms with E-state index in [1.165, 1.54) is 77.1 Å². The molecule has 0 aliphatic carbocycles. The van der Waals surface area contributed by atoms with E-state index in [2.05, 4.69) is 39.9 Å². The van der Waals surface area contributed by atoms with Crippen LogP contribution in [-0.2, 0) is 6.42 Å². The highest BCUT2D eigenvalue weighted by Crippen LogP contribution is 2.28. The Kier molecular flexibility index (Phi) is 8.24. The van der Waals surface area contributed by atoms with Crippen molar-refractivity contribution in [3.8, 4) is 11.5 Å². The molecule has 2 fully saturated rings. The number of ether oxygens (including phenoxy) is 2. The standard InChI is InChI=1S/C22H37N3O2/c1-23-13-15-25(16-14-23)12-6-7-20-8-9-21(22(19-20)26-2)27-18-17-24-10-4-3-5-11-24/h8-9,19H,3-7,10-18H2,1-2H3. The number of piperidine rings is 1. The van der Waals surface area contributed by atoms with Crippen LogP contribution in [0.25, 0.3) is 0 Å². The minimum atomic E-state index is 0.735. The largest absolute Gasteiger partial charge is 0.493 e. The molecule has 2 heterocycles. The summed E-state index contributed by atoms with van der Waals surface area (Å²) in [4.78, 5) is 7.49. The van der Waals surface area contributed by atoms with Gasteiger partial charge in [0, 0.05) is 32.7 Å². The Balaban J connectivity index is 1.41. The predicted octanol–water partition coefficient (Wildman–Crippen LogP) is 2.74. The number of nitrogens with zero attached hydrogens (tertiary/aromatic N) is 3. The molecule has 0 aromatic heterocycles. The Hall–Kier alpha value is -1.30. The molecule has 2 aliphatic rings. The minimum Gasteiger partial charge on any atom is -0.493 e. The molecule has 5 nitrogen and oxygen atoms in total. The molecule has 0 spiro atoms. The molecule has 0 amide bonds. The number of methoxy groups -OCH3 is 1. The van der Waals surface area contributed by atoms with Crippen molar-refractivity contribution in [1.29, 1.82) is 0 Å². The Labute approximate surface area is 165 Å². The third-order valence-corrected chi connectivity index (χ3v) is 5.88. The van der Waals surface area contributed by atoms with Crippen molar-refractivity contribution in [3.63, 3.8) is 0 Å². The van der Waals surface area contributed by atoms with Gasteiger partial charge in [0.15, 0.2) is 11.5 Å². The maximum Gasteiger partial charge on any atom is 0.161 e. The topological polar surface area (TPSA) is 28.2 Å². The van der Waals surface area contributed by atoms with Crippen molar-refractivity contribution in [2.45, 2.75) is 32.1 Å². The Morgan fingerprint density at radius 3 is 2.33 bits per heavy atom. The lowest BCUT2D eigenvalue weighted by molar-refractivity contribution is 0.153. The number of likely N-dealkylation sites (N-methyl/N-ethyl adjacent to an activating group) is 1. The van der Waals surface area contributed by atoms with Gasteiger partial charge in [0.05, 0.1) is 7.11 Å². The zero-order chi connectivity index (χ0) is 18.9. The molecular formula is C22H37N3O2. The fourth-order valence-electron chi connectivity index (χ4n) is 4.03. The van der Waals surface area contributed by atoms with Crippen molar-refractivity contribution in [2.24, 2.45) is 0 Å². The first kappa shape index (κ1) is 20.4. The summed E-state index contributed by atoms with van der Waals surface area (Å²) in [5.41, 5.74) is 1.34. The van der Waals surface area contributed by atoms with Crippen LogP contribution in [0.2, 0.25) is 0 Å². The van der Waals surface area contributed by atoms with Gasteiger partial charge < -0.3 is 19.3 Å². The van der Waals surface area contributed by atoms with Gasteiger partial charge in [0.25, 0.3) is 0 Å². The normalized spacial score (nSPS) is 19.9. The summed E-state index contributed by atoms with van der Waals surface area (Å²) < 4.78 is 11.6. The number of aryl methyl sites for hydroxylation is 1. The quantitative estimate of drug-likeness (QED) is 0.662. The molecule has 0 bridgehead atoms. The number of likely N-dealkylation sites (tertiary alicyclic amines) is 1. The summed E-state index contributed by atoms with van der Waals surface area (Å²) in [5.74, 6) is 1.74. The highest BCUT2D eigenvalue weighted by Gasteiger charge is 2.14. The lowest BCUT2D eigenvalue weighted by Gasteiger charge is -2.32. The summed E-state index contributed by atoms with van der Waals surface area (Å²) in [6.07, 6.45) is 6.32. The minimum absolute atomic E-state index is 0.735. The van der Waals surface area contributed by atoms with Crippen LogP contribution in [0.15, 0.2) is 18.2 Å². The maximum absolute atomic E-state index is 6.02. The Morgan fingerprint density at radius 2 is 1.59 bits per heavy atom. The first-order valence-corrected chi connectivity index (χ1v) is 10.7. The van der Waals surface area contributed by atoms with Gasteiger partial charge in [-0.25, -0.2) is 0 Å². The first-order chi connectivity index (χ1) is 13.2. The van der Waals surface area contributed by atoms with Gasteiger partial charge in [0.1, 0.15) is 6.61 Å². The van der Waals surface area contributed by atoms with Gasteiger partial charge in [-0.15, -0.1) is 0 Å². The first-order valence-electron chi connectivity index (χ1n) is 10.7. The molecule has 1 aromatic carbocycles. The number of rotatable bonds is 9. The van der Waals surface area contributed by atoms with E-state index in [0.717, 1.165) is 31.1 Å². The molecule has 0 radical (unpaired) electrons. The molecular weight excluding hydrogens is 338 g/mol. The second-order valence-electron chi connectivity index (χ2n) is 7.98. The smallest absolute Gasteiger partial charge is 0.161 e. The van der Waals surface area contributed by atoms with Crippen LogP contribution in [0.1, 0.15) is 31.2 Å². The second kappa shape index (κ2) is 10.9. The highest BCUT2D eigenvalue weighted by molar-refractivity contribution is 5.43. The molecule has 2 aliphatic heterocycles. The number of benzene rings is 1. The lowest BCUT2D eigenvalue weighted by atomic mass is 10.1. The zero-order valence-electron chi connectivity index (χ0n) is 17.3. The third-order valence-electron chi connectivity index (χ3n) is 5.88. The number of hydrogen-bond donors (Lipinski definition) is 0. The van der Waals surface area contributed by atoms with Crippen molar-refractivity contribution < 1.29 is 9.47 Å². The predicted molar refractivity (Wildman–Crippen MR) is 111 cm³/mol. The Morgan fingerprint density at radius 1 is 0.852 bits per heavy atom. The van der Waals surface area contributed by atoms with Crippen LogP contribution in [0, 0.1) is 0 Å². The van der Waals surface area contributed by atoms with Crippen LogP contribution in [-0.4, -0.2) is 87.8 Å². The fraction of sp³-hybridized carbons (Fsp3) is 0.727. The summed E-state index contributed by atoms with van der Waals surface area (Å²) in [7, 11) is 3.95. The van der Waals surface area contributed by atoms with Gasteiger partial charge in [0.2, 0.25) is 0 Å². The van der Waals surface area contributed by atoms with Crippen molar-refractivity contribution in [2.75, 3.05) is 73.1 Å². The third kappa shape index (κ3) is 6.66. The molecule has 3 rings (SSSR count). The average Bonchev–Trinajstić information content (AvgIpc) is 2.71. The van der Waals surface area contributed by atoms with E-state index in [1.807, 2.05) is 0 Å². The zero-order valence-corrected chi connectivity index (χ0v) is 17.3.